The predicted molar refractivity (Wildman–Crippen MR) is 78.6 cm³/mol. The fourth-order valence-corrected chi connectivity index (χ4v) is 4.74. The molecule has 0 aromatic heterocycles. The van der Waals surface area contributed by atoms with Gasteiger partial charge in [0.2, 0.25) is 20.0 Å². The molecule has 1 aliphatic heterocycles. The first-order chi connectivity index (χ1) is 9.70. The van der Waals surface area contributed by atoms with E-state index < -0.39 is 20.0 Å². The summed E-state index contributed by atoms with van der Waals surface area (Å²) >= 11 is 0. The number of hydrogen-bond acceptors (Lipinski definition) is 5. The molecule has 1 heterocycles. The highest BCUT2D eigenvalue weighted by Gasteiger charge is 2.37. The Hall–Kier alpha value is -1.00. The molecular formula is C12H19N3O4S2. The van der Waals surface area contributed by atoms with Crippen LogP contribution in [-0.2, 0) is 20.0 Å². The van der Waals surface area contributed by atoms with Crippen LogP contribution in [-0.4, -0.2) is 46.8 Å². The molecule has 0 saturated carbocycles. The molecule has 0 spiro atoms. The SMILES string of the molecule is CNS(=O)(=O)c1ccc(S(=O)(=O)N2CCC(N)C2C)cc1. The van der Waals surface area contributed by atoms with Crippen molar-refractivity contribution in [2.24, 2.45) is 5.73 Å². The monoisotopic (exact) mass is 333 g/mol. The highest BCUT2D eigenvalue weighted by Crippen LogP contribution is 2.25. The van der Waals surface area contributed by atoms with Crippen molar-refractivity contribution in [2.75, 3.05) is 13.6 Å². The van der Waals surface area contributed by atoms with E-state index in [1.54, 1.807) is 6.92 Å². The third kappa shape index (κ3) is 2.97. The fourth-order valence-electron chi connectivity index (χ4n) is 2.32. The molecule has 2 atom stereocenters. The van der Waals surface area contributed by atoms with Gasteiger partial charge in [0.25, 0.3) is 0 Å². The first-order valence-electron chi connectivity index (χ1n) is 6.51. The molecule has 0 bridgehead atoms. The van der Waals surface area contributed by atoms with E-state index in [2.05, 4.69) is 4.72 Å². The second kappa shape index (κ2) is 5.65. The molecular weight excluding hydrogens is 314 g/mol. The second-order valence-electron chi connectivity index (χ2n) is 4.99. The molecule has 1 fully saturated rings. The Balaban J connectivity index is 2.34. The summed E-state index contributed by atoms with van der Waals surface area (Å²) in [6, 6.07) is 4.71. The molecule has 2 rings (SSSR count). The van der Waals surface area contributed by atoms with Gasteiger partial charge in [0.15, 0.2) is 0 Å². The average molecular weight is 333 g/mol. The molecule has 2 unspecified atom stereocenters. The Morgan fingerprint density at radius 3 is 2.10 bits per heavy atom. The zero-order valence-electron chi connectivity index (χ0n) is 11.9. The highest BCUT2D eigenvalue weighted by molar-refractivity contribution is 7.89. The number of rotatable bonds is 4. The molecule has 0 aliphatic carbocycles. The van der Waals surface area contributed by atoms with E-state index in [9.17, 15) is 16.8 Å². The van der Waals surface area contributed by atoms with E-state index in [4.69, 9.17) is 5.73 Å². The third-order valence-electron chi connectivity index (χ3n) is 3.77. The maximum Gasteiger partial charge on any atom is 0.243 e. The summed E-state index contributed by atoms with van der Waals surface area (Å²) in [6.07, 6.45) is 0.618. The average Bonchev–Trinajstić information content (AvgIpc) is 2.79. The van der Waals surface area contributed by atoms with Crippen molar-refractivity contribution >= 4 is 20.0 Å². The van der Waals surface area contributed by atoms with Crippen LogP contribution >= 0.6 is 0 Å². The van der Waals surface area contributed by atoms with Crippen molar-refractivity contribution in [1.82, 2.24) is 9.03 Å². The fraction of sp³-hybridized carbons (Fsp3) is 0.500. The number of sulfonamides is 2. The lowest BCUT2D eigenvalue weighted by molar-refractivity contribution is 0.393. The number of nitrogens with one attached hydrogen (secondary N) is 1. The van der Waals surface area contributed by atoms with Gasteiger partial charge in [0, 0.05) is 18.6 Å². The van der Waals surface area contributed by atoms with Crippen LogP contribution in [0, 0.1) is 0 Å². The summed E-state index contributed by atoms with van der Waals surface area (Å²) in [5.41, 5.74) is 5.85. The van der Waals surface area contributed by atoms with E-state index in [0.717, 1.165) is 0 Å². The quantitative estimate of drug-likeness (QED) is 0.786. The van der Waals surface area contributed by atoms with E-state index in [0.29, 0.717) is 13.0 Å². The zero-order chi connectivity index (χ0) is 15.8. The van der Waals surface area contributed by atoms with Crippen LogP contribution in [0.25, 0.3) is 0 Å². The number of nitrogens with zero attached hydrogens (tertiary/aromatic N) is 1. The van der Waals surface area contributed by atoms with Crippen LogP contribution in [0.4, 0.5) is 0 Å². The van der Waals surface area contributed by atoms with Crippen LogP contribution in [0.5, 0.6) is 0 Å². The van der Waals surface area contributed by atoms with E-state index in [1.807, 2.05) is 0 Å². The summed E-state index contributed by atoms with van der Waals surface area (Å²) in [7, 11) is -5.93. The lowest BCUT2D eigenvalue weighted by Gasteiger charge is -2.22. The van der Waals surface area contributed by atoms with Gasteiger partial charge in [-0.05, 0) is 44.7 Å². The van der Waals surface area contributed by atoms with Gasteiger partial charge < -0.3 is 5.73 Å². The molecule has 1 saturated heterocycles. The molecule has 7 nitrogen and oxygen atoms in total. The molecule has 3 N–H and O–H groups in total. The Morgan fingerprint density at radius 1 is 1.14 bits per heavy atom. The maximum atomic E-state index is 12.5. The van der Waals surface area contributed by atoms with Gasteiger partial charge in [0.1, 0.15) is 0 Å². The smallest absolute Gasteiger partial charge is 0.243 e. The molecule has 21 heavy (non-hydrogen) atoms. The standard InChI is InChI=1S/C12H19N3O4S2/c1-9-12(13)7-8-15(9)21(18,19)11-5-3-10(4-6-11)20(16,17)14-2/h3-6,9,12,14H,7-8,13H2,1-2H3. The lowest BCUT2D eigenvalue weighted by Crippen LogP contribution is -2.40. The molecule has 0 amide bonds. The Labute approximate surface area is 125 Å². The van der Waals surface area contributed by atoms with Crippen LogP contribution in [0.15, 0.2) is 34.1 Å². The number of nitrogens with two attached hydrogens (primary N) is 1. The van der Waals surface area contributed by atoms with E-state index in [-0.39, 0.29) is 21.9 Å². The normalized spacial score (nSPS) is 24.3. The lowest BCUT2D eigenvalue weighted by atomic mass is 10.2. The summed E-state index contributed by atoms with van der Waals surface area (Å²) in [6.45, 7) is 2.15. The van der Waals surface area contributed by atoms with Gasteiger partial charge in [0.05, 0.1) is 9.79 Å². The Morgan fingerprint density at radius 2 is 1.67 bits per heavy atom. The van der Waals surface area contributed by atoms with Crippen LogP contribution in [0.1, 0.15) is 13.3 Å². The van der Waals surface area contributed by atoms with Gasteiger partial charge >= 0.3 is 0 Å². The van der Waals surface area contributed by atoms with Gasteiger partial charge in [-0.25, -0.2) is 21.6 Å². The highest BCUT2D eigenvalue weighted by atomic mass is 32.2. The maximum absolute atomic E-state index is 12.5. The van der Waals surface area contributed by atoms with Crippen LogP contribution in [0.2, 0.25) is 0 Å². The minimum atomic E-state index is -3.65. The van der Waals surface area contributed by atoms with Gasteiger partial charge in [-0.3, -0.25) is 0 Å². The van der Waals surface area contributed by atoms with Gasteiger partial charge in [-0.2, -0.15) is 4.31 Å². The molecule has 1 aromatic rings. The molecule has 1 aliphatic rings. The van der Waals surface area contributed by atoms with Crippen molar-refractivity contribution in [3.05, 3.63) is 24.3 Å². The molecule has 9 heteroatoms. The van der Waals surface area contributed by atoms with Crippen molar-refractivity contribution in [2.45, 2.75) is 35.2 Å². The van der Waals surface area contributed by atoms with Crippen LogP contribution in [0.3, 0.4) is 0 Å². The van der Waals surface area contributed by atoms with Crippen molar-refractivity contribution in [3.63, 3.8) is 0 Å². The molecule has 118 valence electrons. The van der Waals surface area contributed by atoms with Crippen molar-refractivity contribution in [1.29, 1.82) is 0 Å². The first kappa shape index (κ1) is 16.4. The van der Waals surface area contributed by atoms with Crippen LogP contribution < -0.4 is 10.5 Å². The minimum absolute atomic E-state index is 0.0233. The van der Waals surface area contributed by atoms with E-state index >= 15 is 0 Å². The summed E-state index contributed by atoms with van der Waals surface area (Å²) in [5.74, 6) is 0. The van der Waals surface area contributed by atoms with Crippen molar-refractivity contribution in [3.8, 4) is 0 Å². The number of benzene rings is 1. The van der Waals surface area contributed by atoms with E-state index in [1.165, 1.54) is 35.6 Å². The van der Waals surface area contributed by atoms with Gasteiger partial charge in [-0.15, -0.1) is 0 Å². The minimum Gasteiger partial charge on any atom is -0.326 e. The third-order valence-corrected chi connectivity index (χ3v) is 7.20. The topological polar surface area (TPSA) is 110 Å². The summed E-state index contributed by atoms with van der Waals surface area (Å²) < 4.78 is 51.8. The van der Waals surface area contributed by atoms with Gasteiger partial charge in [-0.1, -0.05) is 0 Å². The first-order valence-corrected chi connectivity index (χ1v) is 9.43. The molecule has 0 radical (unpaired) electrons. The largest absolute Gasteiger partial charge is 0.326 e. The summed E-state index contributed by atoms with van der Waals surface area (Å²) in [5, 5.41) is 0. The Bertz CT molecular complexity index is 713. The summed E-state index contributed by atoms with van der Waals surface area (Å²) in [4.78, 5) is 0.0913. The molecule has 1 aromatic carbocycles. The Kier molecular flexibility index (Phi) is 4.41. The van der Waals surface area contributed by atoms with Crippen molar-refractivity contribution < 1.29 is 16.8 Å². The second-order valence-corrected chi connectivity index (χ2v) is 8.76. The number of hydrogen-bond donors (Lipinski definition) is 2. The zero-order valence-corrected chi connectivity index (χ0v) is 13.5. The predicted octanol–water partition coefficient (Wildman–Crippen LogP) is -0.295.